The number of hydrogen-bond acceptors (Lipinski definition) is 2. The first-order valence-electron chi connectivity index (χ1n) is 5.20. The predicted octanol–water partition coefficient (Wildman–Crippen LogP) is 2.37. The highest BCUT2D eigenvalue weighted by Crippen LogP contribution is 2.19. The molecule has 0 radical (unpaired) electrons. The van der Waals surface area contributed by atoms with Gasteiger partial charge in [0.25, 0.3) is 5.91 Å². The molecule has 0 aromatic heterocycles. The van der Waals surface area contributed by atoms with Crippen molar-refractivity contribution in [2.24, 2.45) is 0 Å². The molecule has 0 aliphatic rings. The largest absolute Gasteiger partial charge is 0.391 e. The highest BCUT2D eigenvalue weighted by molar-refractivity contribution is 6.31. The Morgan fingerprint density at radius 2 is 2.12 bits per heavy atom. The van der Waals surface area contributed by atoms with Gasteiger partial charge in [0.1, 0.15) is 0 Å². The van der Waals surface area contributed by atoms with Crippen LogP contribution in [0.4, 0.5) is 4.39 Å². The maximum Gasteiger partial charge on any atom is 0.254 e. The second kappa shape index (κ2) is 5.02. The number of amides is 1. The molecule has 0 aliphatic heterocycles. The molecular weight excluding hydrogens is 245 g/mol. The number of aliphatic hydroxyl groups excluding tert-OH is 1. The normalized spacial score (nSPS) is 13.3. The summed E-state index contributed by atoms with van der Waals surface area (Å²) in [6.07, 6.45) is -0.756. The molecule has 17 heavy (non-hydrogen) atoms. The van der Waals surface area contributed by atoms with E-state index in [9.17, 15) is 14.3 Å². The van der Waals surface area contributed by atoms with E-state index in [4.69, 9.17) is 11.6 Å². The molecule has 1 unspecified atom stereocenters. The number of rotatable bonds is 3. The number of halogens is 2. The average Bonchev–Trinajstić information content (AvgIpc) is 2.21. The van der Waals surface area contributed by atoms with Crippen molar-refractivity contribution in [2.75, 3.05) is 0 Å². The van der Waals surface area contributed by atoms with E-state index in [2.05, 4.69) is 5.32 Å². The fourth-order valence-electron chi connectivity index (χ4n) is 1.14. The molecule has 0 saturated carbocycles. The van der Waals surface area contributed by atoms with Crippen molar-refractivity contribution < 1.29 is 14.3 Å². The molecule has 0 saturated heterocycles. The molecule has 94 valence electrons. The predicted molar refractivity (Wildman–Crippen MR) is 64.6 cm³/mol. The lowest BCUT2D eigenvalue weighted by atomic mass is 9.98. The van der Waals surface area contributed by atoms with Gasteiger partial charge in [0.05, 0.1) is 22.2 Å². The van der Waals surface area contributed by atoms with Crippen LogP contribution >= 0.6 is 11.6 Å². The molecule has 0 fully saturated rings. The summed E-state index contributed by atoms with van der Waals surface area (Å²) in [5, 5.41) is 11.9. The van der Waals surface area contributed by atoms with Crippen molar-refractivity contribution in [3.05, 3.63) is 34.6 Å². The van der Waals surface area contributed by atoms with E-state index in [0.717, 1.165) is 0 Å². The van der Waals surface area contributed by atoms with E-state index in [1.54, 1.807) is 20.8 Å². The topological polar surface area (TPSA) is 49.3 Å². The van der Waals surface area contributed by atoms with Crippen LogP contribution in [-0.2, 0) is 0 Å². The number of benzene rings is 1. The minimum Gasteiger partial charge on any atom is -0.391 e. The zero-order chi connectivity index (χ0) is 13.2. The van der Waals surface area contributed by atoms with Crippen LogP contribution in [0, 0.1) is 5.82 Å². The molecule has 1 aromatic rings. The zero-order valence-electron chi connectivity index (χ0n) is 9.92. The smallest absolute Gasteiger partial charge is 0.254 e. The van der Waals surface area contributed by atoms with E-state index >= 15 is 0 Å². The first-order valence-corrected chi connectivity index (χ1v) is 5.58. The number of nitrogens with one attached hydrogen (secondary N) is 1. The summed E-state index contributed by atoms with van der Waals surface area (Å²) in [5.74, 6) is -1.36. The van der Waals surface area contributed by atoms with E-state index in [1.807, 2.05) is 0 Å². The van der Waals surface area contributed by atoms with Gasteiger partial charge >= 0.3 is 0 Å². The van der Waals surface area contributed by atoms with Gasteiger partial charge in [-0.05, 0) is 32.9 Å². The Morgan fingerprint density at radius 3 is 2.65 bits per heavy atom. The third-order valence-corrected chi connectivity index (χ3v) is 2.97. The Morgan fingerprint density at radius 1 is 1.53 bits per heavy atom. The first kappa shape index (κ1) is 13.9. The maximum atomic E-state index is 13.6. The second-order valence-corrected chi connectivity index (χ2v) is 4.86. The molecule has 0 aliphatic carbocycles. The monoisotopic (exact) mass is 259 g/mol. The molecule has 1 atom stereocenters. The van der Waals surface area contributed by atoms with E-state index < -0.39 is 23.4 Å². The summed E-state index contributed by atoms with van der Waals surface area (Å²) in [5.41, 5.74) is -0.975. The summed E-state index contributed by atoms with van der Waals surface area (Å²) >= 11 is 5.59. The van der Waals surface area contributed by atoms with E-state index in [0.29, 0.717) is 0 Å². The Balaban J connectivity index is 2.95. The van der Waals surface area contributed by atoms with Gasteiger partial charge in [-0.3, -0.25) is 4.79 Å². The molecule has 5 heteroatoms. The van der Waals surface area contributed by atoms with Crippen molar-refractivity contribution in [2.45, 2.75) is 32.4 Å². The van der Waals surface area contributed by atoms with Gasteiger partial charge in [-0.2, -0.15) is 0 Å². The highest BCUT2D eigenvalue weighted by Gasteiger charge is 2.27. The van der Waals surface area contributed by atoms with Crippen molar-refractivity contribution in [3.63, 3.8) is 0 Å². The third kappa shape index (κ3) is 3.17. The van der Waals surface area contributed by atoms with Gasteiger partial charge < -0.3 is 10.4 Å². The molecule has 1 rings (SSSR count). The summed E-state index contributed by atoms with van der Waals surface area (Å²) in [7, 11) is 0. The molecule has 1 aromatic carbocycles. The lowest BCUT2D eigenvalue weighted by Gasteiger charge is -2.29. The van der Waals surface area contributed by atoms with Crippen LogP contribution in [0.25, 0.3) is 0 Å². The maximum absolute atomic E-state index is 13.6. The number of carbonyl (C=O) groups excluding carboxylic acids is 1. The molecule has 3 nitrogen and oxygen atoms in total. The Kier molecular flexibility index (Phi) is 4.11. The fourth-order valence-corrected chi connectivity index (χ4v) is 1.32. The molecule has 0 spiro atoms. The molecule has 0 bridgehead atoms. The van der Waals surface area contributed by atoms with E-state index in [1.165, 1.54) is 18.2 Å². The molecular formula is C12H15ClFNO2. The number of hydrogen-bond donors (Lipinski definition) is 2. The lowest BCUT2D eigenvalue weighted by Crippen LogP contribution is -2.51. The summed E-state index contributed by atoms with van der Waals surface area (Å²) in [4.78, 5) is 11.8. The van der Waals surface area contributed by atoms with Crippen LogP contribution in [0.2, 0.25) is 5.02 Å². The van der Waals surface area contributed by atoms with Gasteiger partial charge in [0, 0.05) is 0 Å². The van der Waals surface area contributed by atoms with Crippen molar-refractivity contribution >= 4 is 17.5 Å². The van der Waals surface area contributed by atoms with Gasteiger partial charge in [0.2, 0.25) is 0 Å². The fraction of sp³-hybridized carbons (Fsp3) is 0.417. The summed E-state index contributed by atoms with van der Waals surface area (Å²) in [6, 6.07) is 4.21. The first-order chi connectivity index (χ1) is 7.75. The van der Waals surface area contributed by atoms with E-state index in [-0.39, 0.29) is 10.6 Å². The summed E-state index contributed by atoms with van der Waals surface area (Å²) in [6.45, 7) is 4.85. The Hall–Kier alpha value is -1.13. The van der Waals surface area contributed by atoms with Crippen molar-refractivity contribution in [1.29, 1.82) is 0 Å². The number of carbonyl (C=O) groups is 1. The Bertz CT molecular complexity index is 433. The van der Waals surface area contributed by atoms with Crippen LogP contribution in [0.5, 0.6) is 0 Å². The van der Waals surface area contributed by atoms with Crippen LogP contribution in [0.3, 0.4) is 0 Å². The minimum atomic E-state index is -0.841. The Labute approximate surface area is 105 Å². The van der Waals surface area contributed by atoms with Crippen LogP contribution in [-0.4, -0.2) is 22.7 Å². The van der Waals surface area contributed by atoms with Crippen LogP contribution in [0.1, 0.15) is 31.1 Å². The third-order valence-electron chi connectivity index (χ3n) is 2.68. The standard InChI is InChI=1S/C12H15ClFNO2/c1-7(16)12(2,3)15-11(17)8-5-4-6-9(13)10(8)14/h4-7,16H,1-3H3,(H,15,17). The number of aliphatic hydroxyl groups is 1. The van der Waals surface area contributed by atoms with Gasteiger partial charge in [0.15, 0.2) is 5.82 Å². The van der Waals surface area contributed by atoms with Crippen molar-refractivity contribution in [3.8, 4) is 0 Å². The van der Waals surface area contributed by atoms with Gasteiger partial charge in [-0.15, -0.1) is 0 Å². The quantitative estimate of drug-likeness (QED) is 0.876. The molecule has 1 amide bonds. The zero-order valence-corrected chi connectivity index (χ0v) is 10.7. The molecule has 0 heterocycles. The minimum absolute atomic E-state index is 0.104. The second-order valence-electron chi connectivity index (χ2n) is 4.45. The average molecular weight is 260 g/mol. The molecule has 2 N–H and O–H groups in total. The van der Waals surface area contributed by atoms with Gasteiger partial charge in [-0.25, -0.2) is 4.39 Å². The summed E-state index contributed by atoms with van der Waals surface area (Å²) < 4.78 is 13.6. The SMILES string of the molecule is CC(O)C(C)(C)NC(=O)c1cccc(Cl)c1F. The van der Waals surface area contributed by atoms with Crippen LogP contribution < -0.4 is 5.32 Å². The van der Waals surface area contributed by atoms with Crippen LogP contribution in [0.15, 0.2) is 18.2 Å². The van der Waals surface area contributed by atoms with Gasteiger partial charge in [-0.1, -0.05) is 17.7 Å². The highest BCUT2D eigenvalue weighted by atomic mass is 35.5. The lowest BCUT2D eigenvalue weighted by molar-refractivity contribution is 0.0706. The van der Waals surface area contributed by atoms with Crippen molar-refractivity contribution in [1.82, 2.24) is 5.32 Å².